The van der Waals surface area contributed by atoms with Gasteiger partial charge in [0.2, 0.25) is 5.65 Å². The largest absolute Gasteiger partial charge is 0.436 e. The van der Waals surface area contributed by atoms with E-state index in [1.807, 2.05) is 31.2 Å². The summed E-state index contributed by atoms with van der Waals surface area (Å²) in [5.41, 5.74) is 1.79. The summed E-state index contributed by atoms with van der Waals surface area (Å²) in [5.74, 6) is 1.19. The van der Waals surface area contributed by atoms with E-state index in [4.69, 9.17) is 4.74 Å². The first-order valence-electron chi connectivity index (χ1n) is 5.22. The van der Waals surface area contributed by atoms with Gasteiger partial charge in [-0.05, 0) is 19.1 Å². The molecule has 5 heteroatoms. The highest BCUT2D eigenvalue weighted by Gasteiger charge is 2.06. The van der Waals surface area contributed by atoms with Gasteiger partial charge in [-0.15, -0.1) is 10.2 Å². The van der Waals surface area contributed by atoms with E-state index in [-0.39, 0.29) is 0 Å². The molecule has 2 heterocycles. The standard InChI is InChI=1S/C12H10N4O/c1-9-2-4-10(5-3-9)17-12-11-15-14-8-16(11)7-6-13-12/h2-8H,1H3. The molecule has 3 aromatic rings. The van der Waals surface area contributed by atoms with Gasteiger partial charge >= 0.3 is 0 Å². The topological polar surface area (TPSA) is 52.3 Å². The Morgan fingerprint density at radius 3 is 2.82 bits per heavy atom. The van der Waals surface area contributed by atoms with Crippen molar-refractivity contribution in [3.63, 3.8) is 0 Å². The minimum atomic E-state index is 0.453. The van der Waals surface area contributed by atoms with Gasteiger partial charge < -0.3 is 4.74 Å². The van der Waals surface area contributed by atoms with E-state index in [2.05, 4.69) is 15.2 Å². The zero-order valence-electron chi connectivity index (χ0n) is 9.24. The number of aromatic nitrogens is 4. The van der Waals surface area contributed by atoms with Crippen LogP contribution in [0.2, 0.25) is 0 Å². The fourth-order valence-corrected chi connectivity index (χ4v) is 1.53. The smallest absolute Gasteiger partial charge is 0.265 e. The van der Waals surface area contributed by atoms with Gasteiger partial charge in [0.15, 0.2) is 0 Å². The van der Waals surface area contributed by atoms with Gasteiger partial charge in [-0.3, -0.25) is 4.40 Å². The van der Waals surface area contributed by atoms with Gasteiger partial charge in [0.05, 0.1) is 0 Å². The Morgan fingerprint density at radius 1 is 1.18 bits per heavy atom. The molecule has 0 aliphatic carbocycles. The molecule has 0 amide bonds. The summed E-state index contributed by atoms with van der Waals surface area (Å²) >= 11 is 0. The SMILES string of the molecule is Cc1ccc(Oc2nccn3cnnc23)cc1. The van der Waals surface area contributed by atoms with E-state index in [0.29, 0.717) is 11.5 Å². The molecule has 0 atom stereocenters. The third-order valence-corrected chi connectivity index (χ3v) is 2.42. The molecular weight excluding hydrogens is 216 g/mol. The van der Waals surface area contributed by atoms with Crippen LogP contribution in [0, 0.1) is 6.92 Å². The maximum Gasteiger partial charge on any atom is 0.265 e. The van der Waals surface area contributed by atoms with Crippen molar-refractivity contribution in [1.82, 2.24) is 19.6 Å². The molecule has 1 aromatic carbocycles. The molecule has 5 nitrogen and oxygen atoms in total. The van der Waals surface area contributed by atoms with Crippen LogP contribution < -0.4 is 4.74 Å². The first-order chi connectivity index (χ1) is 8.33. The lowest BCUT2D eigenvalue weighted by Crippen LogP contribution is -1.93. The second-order valence-electron chi connectivity index (χ2n) is 3.71. The molecule has 0 bridgehead atoms. The van der Waals surface area contributed by atoms with Crippen LogP contribution in [-0.2, 0) is 0 Å². The lowest BCUT2D eigenvalue weighted by molar-refractivity contribution is 0.464. The van der Waals surface area contributed by atoms with Gasteiger partial charge in [-0.2, -0.15) is 0 Å². The predicted octanol–water partition coefficient (Wildman–Crippen LogP) is 2.23. The number of benzene rings is 1. The van der Waals surface area contributed by atoms with E-state index in [1.165, 1.54) is 5.56 Å². The van der Waals surface area contributed by atoms with Crippen molar-refractivity contribution >= 4 is 5.65 Å². The van der Waals surface area contributed by atoms with Crippen LogP contribution >= 0.6 is 0 Å². The number of hydrogen-bond donors (Lipinski definition) is 0. The summed E-state index contributed by atoms with van der Waals surface area (Å²) in [5, 5.41) is 7.77. The highest BCUT2D eigenvalue weighted by molar-refractivity contribution is 5.49. The summed E-state index contributed by atoms with van der Waals surface area (Å²) < 4.78 is 7.43. The maximum absolute atomic E-state index is 5.67. The summed E-state index contributed by atoms with van der Waals surface area (Å²) in [4.78, 5) is 4.15. The zero-order valence-corrected chi connectivity index (χ0v) is 9.24. The highest BCUT2D eigenvalue weighted by atomic mass is 16.5. The Bertz CT molecular complexity index is 645. The van der Waals surface area contributed by atoms with E-state index >= 15 is 0 Å². The van der Waals surface area contributed by atoms with Crippen LogP contribution in [0.15, 0.2) is 43.0 Å². The Balaban J connectivity index is 1.99. The molecule has 84 valence electrons. The second-order valence-corrected chi connectivity index (χ2v) is 3.71. The summed E-state index contributed by atoms with van der Waals surface area (Å²) in [6, 6.07) is 7.77. The number of aryl methyl sites for hydroxylation is 1. The molecule has 0 spiro atoms. The lowest BCUT2D eigenvalue weighted by atomic mass is 10.2. The van der Waals surface area contributed by atoms with Gasteiger partial charge in [0, 0.05) is 12.4 Å². The molecule has 0 saturated heterocycles. The Hall–Kier alpha value is -2.43. The monoisotopic (exact) mass is 226 g/mol. The van der Waals surface area contributed by atoms with E-state index in [9.17, 15) is 0 Å². The fourth-order valence-electron chi connectivity index (χ4n) is 1.53. The predicted molar refractivity (Wildman–Crippen MR) is 62.0 cm³/mol. The number of hydrogen-bond acceptors (Lipinski definition) is 4. The molecule has 17 heavy (non-hydrogen) atoms. The summed E-state index contributed by atoms with van der Waals surface area (Å²) in [7, 11) is 0. The molecule has 0 fully saturated rings. The van der Waals surface area contributed by atoms with Crippen molar-refractivity contribution in [3.8, 4) is 11.6 Å². The minimum Gasteiger partial charge on any atom is -0.436 e. The third-order valence-electron chi connectivity index (χ3n) is 2.42. The van der Waals surface area contributed by atoms with Gasteiger partial charge in [-0.1, -0.05) is 17.7 Å². The van der Waals surface area contributed by atoms with Gasteiger partial charge in [0.25, 0.3) is 5.88 Å². The maximum atomic E-state index is 5.67. The molecule has 2 aromatic heterocycles. The first-order valence-corrected chi connectivity index (χ1v) is 5.22. The van der Waals surface area contributed by atoms with Crippen LogP contribution in [0.1, 0.15) is 5.56 Å². The molecule has 0 saturated carbocycles. The van der Waals surface area contributed by atoms with Crippen LogP contribution in [0.25, 0.3) is 5.65 Å². The van der Waals surface area contributed by atoms with Gasteiger partial charge in [-0.25, -0.2) is 4.98 Å². The van der Waals surface area contributed by atoms with Crippen molar-refractivity contribution in [2.24, 2.45) is 0 Å². The van der Waals surface area contributed by atoms with Crippen molar-refractivity contribution in [2.75, 3.05) is 0 Å². The van der Waals surface area contributed by atoms with E-state index in [1.54, 1.807) is 23.1 Å². The average Bonchev–Trinajstić information content (AvgIpc) is 2.81. The fraction of sp³-hybridized carbons (Fsp3) is 0.0833. The summed E-state index contributed by atoms with van der Waals surface area (Å²) in [6.45, 7) is 2.03. The van der Waals surface area contributed by atoms with E-state index in [0.717, 1.165) is 5.75 Å². The lowest BCUT2D eigenvalue weighted by Gasteiger charge is -2.05. The quantitative estimate of drug-likeness (QED) is 0.672. The minimum absolute atomic E-state index is 0.453. The Morgan fingerprint density at radius 2 is 2.00 bits per heavy atom. The molecule has 0 aliphatic rings. The Labute approximate surface area is 97.7 Å². The molecule has 3 rings (SSSR count). The Kier molecular flexibility index (Phi) is 2.22. The third kappa shape index (κ3) is 1.82. The van der Waals surface area contributed by atoms with Crippen molar-refractivity contribution in [1.29, 1.82) is 0 Å². The van der Waals surface area contributed by atoms with Crippen LogP contribution in [0.5, 0.6) is 11.6 Å². The van der Waals surface area contributed by atoms with Crippen molar-refractivity contribution < 1.29 is 4.74 Å². The first kappa shape index (κ1) is 9.77. The van der Waals surface area contributed by atoms with Crippen molar-refractivity contribution in [2.45, 2.75) is 6.92 Å². The molecule has 0 N–H and O–H groups in total. The molecule has 0 aliphatic heterocycles. The van der Waals surface area contributed by atoms with E-state index < -0.39 is 0 Å². The highest BCUT2D eigenvalue weighted by Crippen LogP contribution is 2.22. The molecule has 0 radical (unpaired) electrons. The van der Waals surface area contributed by atoms with Crippen molar-refractivity contribution in [3.05, 3.63) is 48.5 Å². The van der Waals surface area contributed by atoms with Crippen LogP contribution in [0.4, 0.5) is 0 Å². The average molecular weight is 226 g/mol. The zero-order chi connectivity index (χ0) is 11.7. The van der Waals surface area contributed by atoms with Gasteiger partial charge in [0.1, 0.15) is 12.1 Å². The number of fused-ring (bicyclic) bond motifs is 1. The number of nitrogens with zero attached hydrogens (tertiary/aromatic N) is 4. The number of rotatable bonds is 2. The van der Waals surface area contributed by atoms with Crippen LogP contribution in [0.3, 0.4) is 0 Å². The number of ether oxygens (including phenoxy) is 1. The normalized spacial score (nSPS) is 10.6. The second kappa shape index (κ2) is 3.86. The molecular formula is C12H10N4O. The van der Waals surface area contributed by atoms with Crippen LogP contribution in [-0.4, -0.2) is 19.6 Å². The summed E-state index contributed by atoms with van der Waals surface area (Å²) in [6.07, 6.45) is 5.04. The molecule has 0 unspecified atom stereocenters.